The summed E-state index contributed by atoms with van der Waals surface area (Å²) in [6.07, 6.45) is 0. The van der Waals surface area contributed by atoms with Gasteiger partial charge >= 0.3 is 0 Å². The molecule has 2 rings (SSSR count). The van der Waals surface area contributed by atoms with Crippen LogP contribution in [-0.2, 0) is 0 Å². The Kier molecular flexibility index (Phi) is 3.72. The van der Waals surface area contributed by atoms with Crippen LogP contribution in [0.5, 0.6) is 5.88 Å². The first-order valence-electron chi connectivity index (χ1n) is 5.44. The highest BCUT2D eigenvalue weighted by Gasteiger charge is 2.05. The van der Waals surface area contributed by atoms with Crippen LogP contribution in [0.25, 0.3) is 0 Å². The zero-order valence-electron chi connectivity index (χ0n) is 10.2. The summed E-state index contributed by atoms with van der Waals surface area (Å²) >= 11 is 3.49. The summed E-state index contributed by atoms with van der Waals surface area (Å²) in [6.45, 7) is 2.03. The molecule has 1 aromatic heterocycles. The second-order valence-electron chi connectivity index (χ2n) is 3.83. The fourth-order valence-corrected chi connectivity index (χ4v) is 1.93. The summed E-state index contributed by atoms with van der Waals surface area (Å²) in [5.74, 6) is 1.12. The number of aromatic nitrogens is 1. The topological polar surface area (TPSA) is 60.2 Å². The van der Waals surface area contributed by atoms with Crippen molar-refractivity contribution >= 4 is 33.1 Å². The summed E-state index contributed by atoms with van der Waals surface area (Å²) in [5, 5.41) is 3.24. The van der Waals surface area contributed by atoms with Crippen LogP contribution in [-0.4, -0.2) is 12.1 Å². The molecule has 0 saturated carbocycles. The molecule has 0 atom stereocenters. The Morgan fingerprint density at radius 3 is 2.78 bits per heavy atom. The minimum Gasteiger partial charge on any atom is -0.479 e. The number of hydrogen-bond donors (Lipinski definition) is 2. The van der Waals surface area contributed by atoms with E-state index >= 15 is 0 Å². The Bertz CT molecular complexity index is 572. The van der Waals surface area contributed by atoms with E-state index in [2.05, 4.69) is 26.2 Å². The number of rotatable bonds is 3. The first-order valence-corrected chi connectivity index (χ1v) is 6.23. The van der Waals surface area contributed by atoms with E-state index in [0.717, 1.165) is 15.7 Å². The largest absolute Gasteiger partial charge is 0.479 e. The Labute approximate surface area is 114 Å². The second kappa shape index (κ2) is 5.27. The highest BCUT2D eigenvalue weighted by atomic mass is 79.9. The van der Waals surface area contributed by atoms with Crippen molar-refractivity contribution in [3.63, 3.8) is 0 Å². The van der Waals surface area contributed by atoms with E-state index in [1.807, 2.05) is 31.2 Å². The molecule has 0 fully saturated rings. The van der Waals surface area contributed by atoms with Crippen molar-refractivity contribution in [1.29, 1.82) is 0 Å². The van der Waals surface area contributed by atoms with E-state index in [9.17, 15) is 0 Å². The molecule has 0 saturated heterocycles. The molecule has 18 heavy (non-hydrogen) atoms. The molecule has 3 N–H and O–H groups in total. The lowest BCUT2D eigenvalue weighted by Crippen LogP contribution is -2.00. The van der Waals surface area contributed by atoms with Gasteiger partial charge in [0.2, 0.25) is 5.88 Å². The Morgan fingerprint density at radius 2 is 2.06 bits per heavy atom. The van der Waals surface area contributed by atoms with Gasteiger partial charge in [0.15, 0.2) is 0 Å². The van der Waals surface area contributed by atoms with Gasteiger partial charge in [-0.15, -0.1) is 0 Å². The van der Waals surface area contributed by atoms with Crippen LogP contribution in [0, 0.1) is 6.92 Å². The number of halogens is 1. The normalized spacial score (nSPS) is 10.2. The number of benzene rings is 1. The fourth-order valence-electron chi connectivity index (χ4n) is 1.57. The number of nitrogens with two attached hydrogens (primary N) is 1. The van der Waals surface area contributed by atoms with E-state index in [0.29, 0.717) is 17.4 Å². The number of nitrogen functional groups attached to an aromatic ring is 1. The number of ether oxygens (including phenoxy) is 1. The van der Waals surface area contributed by atoms with E-state index in [1.54, 1.807) is 13.2 Å². The number of methoxy groups -OCH3 is 1. The monoisotopic (exact) mass is 307 g/mol. The van der Waals surface area contributed by atoms with Crippen molar-refractivity contribution in [3.05, 3.63) is 40.4 Å². The van der Waals surface area contributed by atoms with Crippen LogP contribution in [0.4, 0.5) is 17.2 Å². The standard InChI is InChI=1S/C13H14BrN3O/c1-8-9(14)4-3-5-11(8)16-12-7-6-10(15)13(17-12)18-2/h3-7H,15H2,1-2H3,(H,16,17). The molecular formula is C13H14BrN3O. The lowest BCUT2D eigenvalue weighted by molar-refractivity contribution is 0.401. The van der Waals surface area contributed by atoms with E-state index in [4.69, 9.17) is 10.5 Å². The predicted molar refractivity (Wildman–Crippen MR) is 77.4 cm³/mol. The maximum Gasteiger partial charge on any atom is 0.238 e. The summed E-state index contributed by atoms with van der Waals surface area (Å²) in [7, 11) is 1.55. The number of nitrogens with one attached hydrogen (secondary N) is 1. The molecule has 0 bridgehead atoms. The average Bonchev–Trinajstić information content (AvgIpc) is 2.37. The van der Waals surface area contributed by atoms with E-state index in [1.165, 1.54) is 0 Å². The van der Waals surface area contributed by atoms with Crippen LogP contribution in [0.2, 0.25) is 0 Å². The number of pyridine rings is 1. The first-order chi connectivity index (χ1) is 8.61. The second-order valence-corrected chi connectivity index (χ2v) is 4.69. The molecule has 0 radical (unpaired) electrons. The fraction of sp³-hybridized carbons (Fsp3) is 0.154. The maximum atomic E-state index is 5.72. The highest BCUT2D eigenvalue weighted by molar-refractivity contribution is 9.10. The molecule has 2 aromatic rings. The quantitative estimate of drug-likeness (QED) is 0.911. The van der Waals surface area contributed by atoms with Crippen LogP contribution in [0.3, 0.4) is 0 Å². The molecule has 5 heteroatoms. The van der Waals surface area contributed by atoms with E-state index in [-0.39, 0.29) is 0 Å². The van der Waals surface area contributed by atoms with Gasteiger partial charge in [-0.3, -0.25) is 0 Å². The zero-order chi connectivity index (χ0) is 13.1. The third-order valence-corrected chi connectivity index (χ3v) is 3.47. The Hall–Kier alpha value is -1.75. The molecule has 4 nitrogen and oxygen atoms in total. The molecule has 0 unspecified atom stereocenters. The number of hydrogen-bond acceptors (Lipinski definition) is 4. The summed E-state index contributed by atoms with van der Waals surface area (Å²) < 4.78 is 6.14. The Morgan fingerprint density at radius 1 is 1.28 bits per heavy atom. The van der Waals surface area contributed by atoms with Gasteiger partial charge in [0.05, 0.1) is 12.8 Å². The molecule has 0 amide bonds. The molecule has 1 heterocycles. The van der Waals surface area contributed by atoms with Gasteiger partial charge in [-0.25, -0.2) is 0 Å². The lowest BCUT2D eigenvalue weighted by Gasteiger charge is -2.11. The van der Waals surface area contributed by atoms with Crippen LogP contribution < -0.4 is 15.8 Å². The predicted octanol–water partition coefficient (Wildman–Crippen LogP) is 3.49. The van der Waals surface area contributed by atoms with Gasteiger partial charge in [-0.2, -0.15) is 4.98 Å². The maximum absolute atomic E-state index is 5.72. The van der Waals surface area contributed by atoms with Crippen molar-refractivity contribution in [3.8, 4) is 5.88 Å². The molecular weight excluding hydrogens is 294 g/mol. The molecule has 0 spiro atoms. The SMILES string of the molecule is COc1nc(Nc2cccc(Br)c2C)ccc1N. The average molecular weight is 308 g/mol. The van der Waals surface area contributed by atoms with Gasteiger partial charge in [0, 0.05) is 10.2 Å². The number of anilines is 3. The van der Waals surface area contributed by atoms with Crippen LogP contribution in [0.15, 0.2) is 34.8 Å². The van der Waals surface area contributed by atoms with Gasteiger partial charge in [0.25, 0.3) is 0 Å². The lowest BCUT2D eigenvalue weighted by atomic mass is 10.2. The van der Waals surface area contributed by atoms with Gasteiger partial charge in [0.1, 0.15) is 5.82 Å². The molecule has 0 aliphatic heterocycles. The molecule has 94 valence electrons. The summed E-state index contributed by atoms with van der Waals surface area (Å²) in [5.41, 5.74) is 8.36. The third kappa shape index (κ3) is 2.56. The van der Waals surface area contributed by atoms with Gasteiger partial charge < -0.3 is 15.8 Å². The summed E-state index contributed by atoms with van der Waals surface area (Å²) in [6, 6.07) is 9.54. The highest BCUT2D eigenvalue weighted by Crippen LogP contribution is 2.27. The smallest absolute Gasteiger partial charge is 0.238 e. The molecule has 1 aromatic carbocycles. The van der Waals surface area contributed by atoms with E-state index < -0.39 is 0 Å². The van der Waals surface area contributed by atoms with Crippen molar-refractivity contribution in [2.24, 2.45) is 0 Å². The van der Waals surface area contributed by atoms with Gasteiger partial charge in [-0.05, 0) is 36.8 Å². The molecule has 0 aliphatic rings. The zero-order valence-corrected chi connectivity index (χ0v) is 11.8. The van der Waals surface area contributed by atoms with Crippen LogP contribution in [0.1, 0.15) is 5.56 Å². The Balaban J connectivity index is 2.31. The van der Waals surface area contributed by atoms with Crippen molar-refractivity contribution in [1.82, 2.24) is 4.98 Å². The molecule has 0 aliphatic carbocycles. The number of nitrogens with zero attached hydrogens (tertiary/aromatic N) is 1. The van der Waals surface area contributed by atoms with Gasteiger partial charge in [-0.1, -0.05) is 22.0 Å². The first kappa shape index (κ1) is 12.7. The van der Waals surface area contributed by atoms with Crippen LogP contribution >= 0.6 is 15.9 Å². The minimum absolute atomic E-state index is 0.424. The summed E-state index contributed by atoms with van der Waals surface area (Å²) in [4.78, 5) is 4.28. The minimum atomic E-state index is 0.424. The van der Waals surface area contributed by atoms with Crippen molar-refractivity contribution in [2.45, 2.75) is 6.92 Å². The van der Waals surface area contributed by atoms with Crippen molar-refractivity contribution in [2.75, 3.05) is 18.2 Å². The van der Waals surface area contributed by atoms with Crippen molar-refractivity contribution < 1.29 is 4.74 Å². The third-order valence-electron chi connectivity index (χ3n) is 2.61.